The molecule has 0 radical (unpaired) electrons. The van der Waals surface area contributed by atoms with Crippen molar-refractivity contribution >= 4 is 85.9 Å². The van der Waals surface area contributed by atoms with Gasteiger partial charge in [0.05, 0.1) is 22.4 Å². The first-order valence-electron chi connectivity index (χ1n) is 23.5. The van der Waals surface area contributed by atoms with Gasteiger partial charge in [-0.2, -0.15) is 0 Å². The first-order chi connectivity index (χ1) is 32.8. The molecule has 1 aromatic heterocycles. The fraction of sp³-hybridized carbons (Fsp3) is 0.0820. The smallest absolute Gasteiger partial charge is 0.217 e. The first-order valence-corrected chi connectivity index (χ1v) is 24.3. The van der Waals surface area contributed by atoms with E-state index < -0.39 is 0 Å². The molecular weight excluding hydrogens is 814 g/mol. The monoisotopic (exact) mass is 858 g/mol. The number of fused-ring (bicyclic) bond motifs is 13. The predicted molar refractivity (Wildman–Crippen MR) is 281 cm³/mol. The number of hydrogen-bond acceptors (Lipinski definition) is 2. The summed E-state index contributed by atoms with van der Waals surface area (Å²) in [5, 5.41) is 2.58. The zero-order valence-electron chi connectivity index (χ0n) is 36.4. The maximum Gasteiger partial charge on any atom is 0.217 e. The number of allylic oxidation sites excluding steroid dienone is 8. The Balaban J connectivity index is 0.901. The van der Waals surface area contributed by atoms with Gasteiger partial charge < -0.3 is 9.47 Å². The van der Waals surface area contributed by atoms with Gasteiger partial charge in [0.15, 0.2) is 0 Å². The molecule has 66 heavy (non-hydrogen) atoms. The van der Waals surface area contributed by atoms with Crippen molar-refractivity contribution in [1.29, 1.82) is 0 Å². The van der Waals surface area contributed by atoms with Crippen LogP contribution in [-0.2, 0) is 5.41 Å². The summed E-state index contributed by atoms with van der Waals surface area (Å²) in [6.07, 6.45) is 19.5. The number of benzene rings is 8. The second-order valence-electron chi connectivity index (χ2n) is 18.7. The Kier molecular flexibility index (Phi) is 8.61. The molecule has 1 spiro atoms. The van der Waals surface area contributed by atoms with Crippen molar-refractivity contribution in [2.45, 2.75) is 26.8 Å². The second kappa shape index (κ2) is 14.9. The molecule has 14 rings (SSSR count). The summed E-state index contributed by atoms with van der Waals surface area (Å²) in [5.41, 5.74) is 15.6. The Hall–Kier alpha value is -7.20. The molecule has 0 N–H and O–H groups in total. The lowest BCUT2D eigenvalue weighted by molar-refractivity contribution is 0.281. The van der Waals surface area contributed by atoms with Crippen molar-refractivity contribution in [3.8, 4) is 5.69 Å². The SMILES string of the molecule is C1=CC2B(c3ccc(N4c5ccccc5Sc5ccccc54)cc3)c3ccccc3C3(c4ccccc4B(c4ccc(-n5c6ccccc6c6ccccc65)cc4)C4C=CC=CC43)C2C=C1. The van der Waals surface area contributed by atoms with Crippen LogP contribution in [0.3, 0.4) is 0 Å². The summed E-state index contributed by atoms with van der Waals surface area (Å²) in [6, 6.07) is 73.3. The molecule has 0 fully saturated rings. The van der Waals surface area contributed by atoms with Crippen LogP contribution < -0.4 is 26.8 Å². The molecule has 0 bridgehead atoms. The molecule has 2 aliphatic carbocycles. The highest BCUT2D eigenvalue weighted by atomic mass is 32.2. The summed E-state index contributed by atoms with van der Waals surface area (Å²) >= 11 is 1.86. The molecule has 4 heterocycles. The average molecular weight is 859 g/mol. The molecule has 5 aliphatic rings. The second-order valence-corrected chi connectivity index (χ2v) is 19.8. The van der Waals surface area contributed by atoms with Crippen LogP contribution in [0.25, 0.3) is 27.5 Å². The number of aromatic nitrogens is 1. The molecule has 0 saturated carbocycles. The number of para-hydroxylation sites is 4. The minimum atomic E-state index is -0.278. The van der Waals surface area contributed by atoms with E-state index in [-0.39, 0.29) is 42.3 Å². The van der Waals surface area contributed by atoms with Gasteiger partial charge in [-0.05, 0) is 95.3 Å². The summed E-state index contributed by atoms with van der Waals surface area (Å²) in [7, 11) is 0. The van der Waals surface area contributed by atoms with E-state index in [1.54, 1.807) is 0 Å². The van der Waals surface area contributed by atoms with E-state index in [1.807, 2.05) is 11.8 Å². The standard InChI is InChI=1S/C61H44B2N2S/c1-11-27-55-45(17-1)46-18-2-12-28-56(46)64(55)43-37-33-41(34-38-43)62-51-23-7-3-19-47(51)61(48-20-4-8-24-52(48)62)49-21-5-9-25-53(49)63(54-26-10-6-22-50(54)61)42-35-39-44(40-36-42)65-57-29-13-15-31-59(57)66-60-32-16-14-30-58(60)65/h1-40,47,49,51,53H. The zero-order chi connectivity index (χ0) is 43.3. The first kappa shape index (κ1) is 38.1. The van der Waals surface area contributed by atoms with Crippen molar-refractivity contribution in [3.63, 3.8) is 0 Å². The quantitative estimate of drug-likeness (QED) is 0.163. The van der Waals surface area contributed by atoms with Crippen molar-refractivity contribution < 1.29 is 0 Å². The van der Waals surface area contributed by atoms with E-state index >= 15 is 0 Å². The largest absolute Gasteiger partial charge is 0.309 e. The Labute approximate surface area is 391 Å². The van der Waals surface area contributed by atoms with Gasteiger partial charge in [-0.25, -0.2) is 0 Å². The van der Waals surface area contributed by atoms with Gasteiger partial charge in [-0.3, -0.25) is 0 Å². The van der Waals surface area contributed by atoms with Crippen LogP contribution in [0.1, 0.15) is 11.1 Å². The van der Waals surface area contributed by atoms with Crippen LogP contribution in [0.4, 0.5) is 17.1 Å². The van der Waals surface area contributed by atoms with E-state index in [4.69, 9.17) is 0 Å². The van der Waals surface area contributed by atoms with Crippen molar-refractivity contribution in [3.05, 3.63) is 254 Å². The minimum Gasteiger partial charge on any atom is -0.309 e. The highest BCUT2D eigenvalue weighted by Crippen LogP contribution is 2.60. The van der Waals surface area contributed by atoms with Gasteiger partial charge in [0.1, 0.15) is 0 Å². The average Bonchev–Trinajstić information content (AvgIpc) is 3.72. The fourth-order valence-corrected chi connectivity index (χ4v) is 14.3. The van der Waals surface area contributed by atoms with Crippen LogP contribution in [0.2, 0.25) is 11.6 Å². The maximum absolute atomic E-state index is 2.57. The summed E-state index contributed by atoms with van der Waals surface area (Å²) < 4.78 is 2.43. The van der Waals surface area contributed by atoms with Gasteiger partial charge in [-0.1, -0.05) is 216 Å². The highest BCUT2D eigenvalue weighted by molar-refractivity contribution is 7.99. The third-order valence-corrected chi connectivity index (χ3v) is 16.8. The van der Waals surface area contributed by atoms with Crippen LogP contribution in [-0.4, -0.2) is 18.0 Å². The van der Waals surface area contributed by atoms with Gasteiger partial charge in [-0.15, -0.1) is 0 Å². The van der Waals surface area contributed by atoms with Crippen molar-refractivity contribution in [2.75, 3.05) is 4.90 Å². The molecule has 3 aliphatic heterocycles. The van der Waals surface area contributed by atoms with Gasteiger partial charge in [0, 0.05) is 37.4 Å². The Morgan fingerprint density at radius 3 is 1.35 bits per heavy atom. The Morgan fingerprint density at radius 2 is 0.818 bits per heavy atom. The van der Waals surface area contributed by atoms with Crippen molar-refractivity contribution in [1.82, 2.24) is 4.57 Å². The van der Waals surface area contributed by atoms with E-state index in [9.17, 15) is 0 Å². The van der Waals surface area contributed by atoms with Crippen LogP contribution >= 0.6 is 11.8 Å². The summed E-state index contributed by atoms with van der Waals surface area (Å²) in [6.45, 7) is 0.399. The minimum absolute atomic E-state index is 0.198. The van der Waals surface area contributed by atoms with Gasteiger partial charge in [0.25, 0.3) is 0 Å². The molecule has 310 valence electrons. The van der Waals surface area contributed by atoms with E-state index in [1.165, 1.54) is 87.3 Å². The lowest BCUT2D eigenvalue weighted by Crippen LogP contribution is -2.67. The molecule has 9 aromatic rings. The molecule has 8 aromatic carbocycles. The third kappa shape index (κ3) is 5.41. The van der Waals surface area contributed by atoms with Crippen LogP contribution in [0.15, 0.2) is 253 Å². The number of hydrogen-bond donors (Lipinski definition) is 0. The fourth-order valence-electron chi connectivity index (χ4n) is 13.2. The number of rotatable bonds is 4. The number of nitrogens with zero attached hydrogens (tertiary/aromatic N) is 2. The zero-order valence-corrected chi connectivity index (χ0v) is 37.2. The Morgan fingerprint density at radius 1 is 0.394 bits per heavy atom. The lowest BCUT2D eigenvalue weighted by atomic mass is 9.19. The molecule has 0 saturated heterocycles. The topological polar surface area (TPSA) is 8.17 Å². The van der Waals surface area contributed by atoms with Crippen molar-refractivity contribution in [2.24, 2.45) is 11.8 Å². The molecular formula is C61H44B2N2S. The molecule has 0 amide bonds. The summed E-state index contributed by atoms with van der Waals surface area (Å²) in [5.74, 6) is 1.01. The highest BCUT2D eigenvalue weighted by Gasteiger charge is 2.61. The van der Waals surface area contributed by atoms with Gasteiger partial charge >= 0.3 is 0 Å². The van der Waals surface area contributed by atoms with Crippen LogP contribution in [0.5, 0.6) is 0 Å². The lowest BCUT2D eigenvalue weighted by Gasteiger charge is -2.59. The van der Waals surface area contributed by atoms with E-state index in [0.29, 0.717) is 0 Å². The van der Waals surface area contributed by atoms with E-state index in [2.05, 4.69) is 252 Å². The van der Waals surface area contributed by atoms with E-state index in [0.717, 1.165) is 0 Å². The molecule has 2 nitrogen and oxygen atoms in total. The third-order valence-electron chi connectivity index (χ3n) is 15.7. The normalized spacial score (nSPS) is 21.9. The van der Waals surface area contributed by atoms with Gasteiger partial charge in [0.2, 0.25) is 13.4 Å². The predicted octanol–water partition coefficient (Wildman–Crippen LogP) is 12.5. The number of anilines is 3. The Bertz CT molecular complexity index is 3430. The molecule has 5 atom stereocenters. The molecule has 5 heteroatoms. The van der Waals surface area contributed by atoms with Crippen LogP contribution in [0, 0.1) is 11.8 Å². The maximum atomic E-state index is 2.57. The molecule has 5 unspecified atom stereocenters. The summed E-state index contributed by atoms with van der Waals surface area (Å²) in [4.78, 5) is 5.01.